The van der Waals surface area contributed by atoms with Crippen molar-refractivity contribution in [1.82, 2.24) is 0 Å². The molecule has 0 N–H and O–H groups in total. The first-order valence-electron chi connectivity index (χ1n) is 5.12. The molecule has 0 aliphatic heterocycles. The molecule has 0 aliphatic carbocycles. The Labute approximate surface area is 93.6 Å². The number of nitriles is 1. The number of rotatable bonds is 0. The maximum Gasteiger partial charge on any atom is 0.0998 e. The second-order valence-corrected chi connectivity index (χ2v) is 3.74. The van der Waals surface area contributed by atoms with Crippen LogP contribution >= 0.6 is 0 Å². The molecule has 1 nitrogen and oxygen atoms in total. The Kier molecular flexibility index (Phi) is 1.88. The standard InChI is InChI=1S/C15H8N/c16-10-14-7-3-6-13-8-11-4-1-2-5-12(11)9-15(13)14/h1-8H. The second-order valence-electron chi connectivity index (χ2n) is 3.74. The van der Waals surface area contributed by atoms with Crippen LogP contribution < -0.4 is 0 Å². The van der Waals surface area contributed by atoms with E-state index in [0.29, 0.717) is 5.56 Å². The molecular weight excluding hydrogens is 194 g/mol. The SMILES string of the molecule is N#Cc1cccc2cc3ccccc3[c]c12. The van der Waals surface area contributed by atoms with E-state index in [0.717, 1.165) is 21.5 Å². The molecule has 0 bridgehead atoms. The van der Waals surface area contributed by atoms with Crippen molar-refractivity contribution in [2.24, 2.45) is 0 Å². The summed E-state index contributed by atoms with van der Waals surface area (Å²) >= 11 is 0. The van der Waals surface area contributed by atoms with E-state index in [-0.39, 0.29) is 0 Å². The summed E-state index contributed by atoms with van der Waals surface area (Å²) in [5.74, 6) is 0. The van der Waals surface area contributed by atoms with Crippen LogP contribution in [0.1, 0.15) is 5.56 Å². The van der Waals surface area contributed by atoms with E-state index in [1.807, 2.05) is 36.4 Å². The maximum absolute atomic E-state index is 9.04. The molecular formula is C15H8N. The highest BCUT2D eigenvalue weighted by molar-refractivity contribution is 5.99. The summed E-state index contributed by atoms with van der Waals surface area (Å²) in [6, 6.07) is 21.4. The monoisotopic (exact) mass is 202 g/mol. The molecule has 3 rings (SSSR count). The minimum absolute atomic E-state index is 0.684. The van der Waals surface area contributed by atoms with Crippen LogP contribution in [0.2, 0.25) is 0 Å². The Morgan fingerprint density at radius 2 is 1.75 bits per heavy atom. The molecule has 0 saturated heterocycles. The molecule has 0 unspecified atom stereocenters. The average molecular weight is 202 g/mol. The summed E-state index contributed by atoms with van der Waals surface area (Å²) < 4.78 is 0. The Hall–Kier alpha value is -2.33. The number of nitrogens with zero attached hydrogens (tertiary/aromatic N) is 1. The van der Waals surface area contributed by atoms with E-state index in [2.05, 4.69) is 24.3 Å². The minimum atomic E-state index is 0.684. The van der Waals surface area contributed by atoms with Crippen LogP contribution in [0.5, 0.6) is 0 Å². The van der Waals surface area contributed by atoms with Gasteiger partial charge in [-0.25, -0.2) is 0 Å². The van der Waals surface area contributed by atoms with Gasteiger partial charge in [0.2, 0.25) is 0 Å². The Balaban J connectivity index is 2.52. The molecule has 0 aromatic heterocycles. The van der Waals surface area contributed by atoms with Gasteiger partial charge in [-0.1, -0.05) is 36.4 Å². The van der Waals surface area contributed by atoms with Gasteiger partial charge in [-0.15, -0.1) is 0 Å². The Morgan fingerprint density at radius 1 is 0.938 bits per heavy atom. The molecule has 3 aromatic carbocycles. The van der Waals surface area contributed by atoms with E-state index >= 15 is 0 Å². The fourth-order valence-electron chi connectivity index (χ4n) is 1.96. The van der Waals surface area contributed by atoms with E-state index < -0.39 is 0 Å². The van der Waals surface area contributed by atoms with Gasteiger partial charge in [0.1, 0.15) is 0 Å². The van der Waals surface area contributed by atoms with Gasteiger partial charge in [-0.05, 0) is 34.4 Å². The van der Waals surface area contributed by atoms with Gasteiger partial charge >= 0.3 is 0 Å². The van der Waals surface area contributed by atoms with Crippen molar-refractivity contribution in [3.8, 4) is 6.07 Å². The summed E-state index contributed by atoms with van der Waals surface area (Å²) in [6.45, 7) is 0. The predicted molar refractivity (Wildman–Crippen MR) is 65.0 cm³/mol. The summed E-state index contributed by atoms with van der Waals surface area (Å²) in [4.78, 5) is 0. The molecule has 3 aromatic rings. The Morgan fingerprint density at radius 3 is 2.62 bits per heavy atom. The third kappa shape index (κ3) is 1.24. The van der Waals surface area contributed by atoms with Gasteiger partial charge in [0.25, 0.3) is 0 Å². The molecule has 0 fully saturated rings. The number of fused-ring (bicyclic) bond motifs is 2. The van der Waals surface area contributed by atoms with E-state index in [1.165, 1.54) is 0 Å². The first-order chi connectivity index (χ1) is 7.88. The lowest BCUT2D eigenvalue weighted by molar-refractivity contribution is 1.50. The van der Waals surface area contributed by atoms with Crippen LogP contribution in [0, 0.1) is 17.4 Å². The van der Waals surface area contributed by atoms with Crippen LogP contribution in [-0.2, 0) is 0 Å². The molecule has 1 heteroatoms. The molecule has 0 amide bonds. The van der Waals surface area contributed by atoms with Gasteiger partial charge in [0.15, 0.2) is 0 Å². The minimum Gasteiger partial charge on any atom is -0.192 e. The van der Waals surface area contributed by atoms with Crippen LogP contribution in [0.15, 0.2) is 48.5 Å². The topological polar surface area (TPSA) is 23.8 Å². The number of benzene rings is 3. The van der Waals surface area contributed by atoms with E-state index in [1.54, 1.807) is 0 Å². The summed E-state index contributed by atoms with van der Waals surface area (Å²) in [7, 11) is 0. The van der Waals surface area contributed by atoms with Gasteiger partial charge in [-0.3, -0.25) is 0 Å². The molecule has 73 valence electrons. The van der Waals surface area contributed by atoms with E-state index in [4.69, 9.17) is 5.26 Å². The van der Waals surface area contributed by atoms with Gasteiger partial charge in [-0.2, -0.15) is 5.26 Å². The zero-order chi connectivity index (χ0) is 11.0. The third-order valence-electron chi connectivity index (χ3n) is 2.75. The lowest BCUT2D eigenvalue weighted by Gasteiger charge is -2.02. The summed E-state index contributed by atoms with van der Waals surface area (Å²) in [5, 5.41) is 13.2. The molecule has 0 atom stereocenters. The largest absolute Gasteiger partial charge is 0.192 e. The van der Waals surface area contributed by atoms with Gasteiger partial charge < -0.3 is 0 Å². The van der Waals surface area contributed by atoms with Crippen molar-refractivity contribution in [3.05, 3.63) is 60.2 Å². The predicted octanol–water partition coefficient (Wildman–Crippen LogP) is 3.66. The summed E-state index contributed by atoms with van der Waals surface area (Å²) in [5.41, 5.74) is 0.684. The van der Waals surface area contributed by atoms with E-state index in [9.17, 15) is 0 Å². The van der Waals surface area contributed by atoms with Crippen molar-refractivity contribution in [2.45, 2.75) is 0 Å². The lowest BCUT2D eigenvalue weighted by Crippen LogP contribution is -1.81. The van der Waals surface area contributed by atoms with Crippen molar-refractivity contribution < 1.29 is 0 Å². The van der Waals surface area contributed by atoms with Crippen molar-refractivity contribution in [3.63, 3.8) is 0 Å². The number of hydrogen-bond acceptors (Lipinski definition) is 1. The van der Waals surface area contributed by atoms with Crippen molar-refractivity contribution in [1.29, 1.82) is 5.26 Å². The first kappa shape index (κ1) is 8.94. The van der Waals surface area contributed by atoms with Gasteiger partial charge in [0, 0.05) is 5.39 Å². The highest BCUT2D eigenvalue weighted by Crippen LogP contribution is 2.24. The smallest absolute Gasteiger partial charge is 0.0998 e. The fraction of sp³-hybridized carbons (Fsp3) is 0. The molecule has 0 heterocycles. The van der Waals surface area contributed by atoms with Crippen molar-refractivity contribution in [2.75, 3.05) is 0 Å². The Bertz CT molecular complexity index is 720. The van der Waals surface area contributed by atoms with Crippen molar-refractivity contribution >= 4 is 21.5 Å². The van der Waals surface area contributed by atoms with Crippen LogP contribution in [0.25, 0.3) is 21.5 Å². The van der Waals surface area contributed by atoms with Crippen LogP contribution in [-0.4, -0.2) is 0 Å². The van der Waals surface area contributed by atoms with Gasteiger partial charge in [0.05, 0.1) is 11.6 Å². The normalized spacial score (nSPS) is 10.4. The first-order valence-corrected chi connectivity index (χ1v) is 5.12. The third-order valence-corrected chi connectivity index (χ3v) is 2.75. The molecule has 0 spiro atoms. The number of hydrogen-bond donors (Lipinski definition) is 0. The highest BCUT2D eigenvalue weighted by Gasteiger charge is 2.02. The second kappa shape index (κ2) is 3.36. The maximum atomic E-state index is 9.04. The highest BCUT2D eigenvalue weighted by atomic mass is 14.2. The summed E-state index contributed by atoms with van der Waals surface area (Å²) in [6.07, 6.45) is 0. The molecule has 1 radical (unpaired) electrons. The quantitative estimate of drug-likeness (QED) is 0.510. The molecule has 16 heavy (non-hydrogen) atoms. The molecule has 0 aliphatic rings. The average Bonchev–Trinajstić information content (AvgIpc) is 2.35. The fourth-order valence-corrected chi connectivity index (χ4v) is 1.96. The zero-order valence-electron chi connectivity index (χ0n) is 8.57. The zero-order valence-corrected chi connectivity index (χ0v) is 8.57. The lowest BCUT2D eigenvalue weighted by atomic mass is 10.0. The molecule has 0 saturated carbocycles. The van der Waals surface area contributed by atoms with Crippen LogP contribution in [0.4, 0.5) is 0 Å². The van der Waals surface area contributed by atoms with Crippen LogP contribution in [0.3, 0.4) is 0 Å².